The summed E-state index contributed by atoms with van der Waals surface area (Å²) in [4.78, 5) is 0. The van der Waals surface area contributed by atoms with Gasteiger partial charge in [-0.15, -0.1) is 0 Å². The molecule has 84 valence electrons. The second-order valence-electron chi connectivity index (χ2n) is 4.45. The van der Waals surface area contributed by atoms with Gasteiger partial charge in [-0.25, -0.2) is 0 Å². The quantitative estimate of drug-likeness (QED) is 0.795. The lowest BCUT2D eigenvalue weighted by Crippen LogP contribution is -2.27. The number of nitrogens with one attached hydrogen (secondary N) is 1. The van der Waals surface area contributed by atoms with Gasteiger partial charge < -0.3 is 10.4 Å². The highest BCUT2D eigenvalue weighted by Gasteiger charge is 2.08. The van der Waals surface area contributed by atoms with Gasteiger partial charge in [0.25, 0.3) is 0 Å². The average molecular weight is 207 g/mol. The zero-order valence-electron chi connectivity index (χ0n) is 9.99. The van der Waals surface area contributed by atoms with E-state index in [4.69, 9.17) is 0 Å². The zero-order valence-corrected chi connectivity index (χ0v) is 9.99. The number of hydrogen-bond donors (Lipinski definition) is 2. The summed E-state index contributed by atoms with van der Waals surface area (Å²) >= 11 is 0. The Kier molecular flexibility index (Phi) is 4.15. The molecule has 1 aromatic carbocycles. The van der Waals surface area contributed by atoms with Crippen molar-refractivity contribution in [1.29, 1.82) is 0 Å². The van der Waals surface area contributed by atoms with E-state index in [-0.39, 0.29) is 12.1 Å². The molecule has 2 unspecified atom stereocenters. The van der Waals surface area contributed by atoms with Gasteiger partial charge in [-0.05, 0) is 37.5 Å². The topological polar surface area (TPSA) is 32.3 Å². The molecule has 15 heavy (non-hydrogen) atoms. The summed E-state index contributed by atoms with van der Waals surface area (Å²) in [5, 5.41) is 12.7. The minimum Gasteiger partial charge on any atom is -0.391 e. The van der Waals surface area contributed by atoms with Crippen LogP contribution in [-0.2, 0) is 0 Å². The largest absolute Gasteiger partial charge is 0.391 e. The molecule has 0 bridgehead atoms. The molecule has 0 saturated heterocycles. The van der Waals surface area contributed by atoms with E-state index in [0.29, 0.717) is 5.92 Å². The van der Waals surface area contributed by atoms with Crippen molar-refractivity contribution < 1.29 is 5.11 Å². The molecule has 0 aromatic heterocycles. The molecule has 0 spiro atoms. The normalized spacial score (nSPS) is 15.1. The van der Waals surface area contributed by atoms with Crippen LogP contribution in [0.4, 0.5) is 5.69 Å². The number of aliphatic hydroxyl groups is 1. The van der Waals surface area contributed by atoms with E-state index in [2.05, 4.69) is 31.3 Å². The minimum absolute atomic E-state index is 0.0763. The van der Waals surface area contributed by atoms with Gasteiger partial charge in [-0.3, -0.25) is 0 Å². The summed E-state index contributed by atoms with van der Waals surface area (Å²) in [5.41, 5.74) is 2.40. The maximum Gasteiger partial charge on any atom is 0.0710 e. The van der Waals surface area contributed by atoms with Crippen molar-refractivity contribution in [2.45, 2.75) is 45.8 Å². The summed E-state index contributed by atoms with van der Waals surface area (Å²) in [7, 11) is 0. The number of hydrogen-bond acceptors (Lipinski definition) is 2. The van der Waals surface area contributed by atoms with Crippen LogP contribution in [0.15, 0.2) is 24.3 Å². The molecule has 2 N–H and O–H groups in total. The SMILES string of the molecule is CC(C)c1cccc(NC(C)C(C)O)c1. The van der Waals surface area contributed by atoms with Crippen LogP contribution in [0, 0.1) is 0 Å². The molecule has 0 aliphatic carbocycles. The first-order chi connectivity index (χ1) is 7.00. The lowest BCUT2D eigenvalue weighted by atomic mass is 10.0. The Morgan fingerprint density at radius 3 is 2.33 bits per heavy atom. The van der Waals surface area contributed by atoms with Gasteiger partial charge in [-0.1, -0.05) is 26.0 Å². The van der Waals surface area contributed by atoms with Crippen LogP contribution in [0.25, 0.3) is 0 Å². The Bertz CT molecular complexity index is 307. The van der Waals surface area contributed by atoms with E-state index in [1.54, 1.807) is 6.92 Å². The molecule has 0 aliphatic rings. The van der Waals surface area contributed by atoms with Gasteiger partial charge in [-0.2, -0.15) is 0 Å². The van der Waals surface area contributed by atoms with Crippen LogP contribution in [0.1, 0.15) is 39.2 Å². The molecule has 2 nitrogen and oxygen atoms in total. The molecule has 0 saturated carbocycles. The van der Waals surface area contributed by atoms with E-state index < -0.39 is 0 Å². The lowest BCUT2D eigenvalue weighted by molar-refractivity contribution is 0.178. The van der Waals surface area contributed by atoms with Crippen LogP contribution < -0.4 is 5.32 Å². The van der Waals surface area contributed by atoms with Crippen molar-refractivity contribution in [2.24, 2.45) is 0 Å². The second kappa shape index (κ2) is 5.17. The fourth-order valence-corrected chi connectivity index (χ4v) is 1.37. The number of rotatable bonds is 4. The molecule has 1 aromatic rings. The highest BCUT2D eigenvalue weighted by Crippen LogP contribution is 2.19. The number of benzene rings is 1. The summed E-state index contributed by atoms with van der Waals surface area (Å²) in [5.74, 6) is 0.536. The van der Waals surface area contributed by atoms with Crippen LogP contribution in [0.2, 0.25) is 0 Å². The second-order valence-corrected chi connectivity index (χ2v) is 4.45. The average Bonchev–Trinajstić information content (AvgIpc) is 2.18. The van der Waals surface area contributed by atoms with Crippen molar-refractivity contribution in [3.05, 3.63) is 29.8 Å². The lowest BCUT2D eigenvalue weighted by Gasteiger charge is -2.18. The van der Waals surface area contributed by atoms with E-state index in [1.165, 1.54) is 5.56 Å². The van der Waals surface area contributed by atoms with E-state index in [9.17, 15) is 5.11 Å². The van der Waals surface area contributed by atoms with E-state index in [1.807, 2.05) is 19.1 Å². The predicted molar refractivity (Wildman–Crippen MR) is 65.3 cm³/mol. The van der Waals surface area contributed by atoms with Gasteiger partial charge in [0.15, 0.2) is 0 Å². The maximum absolute atomic E-state index is 9.40. The summed E-state index contributed by atoms with van der Waals surface area (Å²) in [6, 6.07) is 8.43. The Hall–Kier alpha value is -1.02. The first-order valence-corrected chi connectivity index (χ1v) is 5.55. The van der Waals surface area contributed by atoms with Gasteiger partial charge in [0.05, 0.1) is 6.10 Å². The van der Waals surface area contributed by atoms with Crippen molar-refractivity contribution in [2.75, 3.05) is 5.32 Å². The molecule has 0 fully saturated rings. The molecule has 2 atom stereocenters. The number of anilines is 1. The first kappa shape index (κ1) is 12.1. The Morgan fingerprint density at radius 1 is 1.13 bits per heavy atom. The Labute approximate surface area is 92.3 Å². The highest BCUT2D eigenvalue weighted by atomic mass is 16.3. The van der Waals surface area contributed by atoms with Gasteiger partial charge in [0.1, 0.15) is 0 Å². The smallest absolute Gasteiger partial charge is 0.0710 e. The van der Waals surface area contributed by atoms with Crippen molar-refractivity contribution in [1.82, 2.24) is 0 Å². The molecule has 0 heterocycles. The Morgan fingerprint density at radius 2 is 1.80 bits per heavy atom. The molecule has 2 heteroatoms. The fourth-order valence-electron chi connectivity index (χ4n) is 1.37. The van der Waals surface area contributed by atoms with E-state index >= 15 is 0 Å². The third kappa shape index (κ3) is 3.56. The van der Waals surface area contributed by atoms with Crippen LogP contribution in [-0.4, -0.2) is 17.3 Å². The van der Waals surface area contributed by atoms with Gasteiger partial charge in [0, 0.05) is 11.7 Å². The van der Waals surface area contributed by atoms with Crippen molar-refractivity contribution >= 4 is 5.69 Å². The monoisotopic (exact) mass is 207 g/mol. The molecule has 1 rings (SSSR count). The summed E-state index contributed by atoms with van der Waals surface area (Å²) in [6.07, 6.45) is -0.340. The Balaban J connectivity index is 2.73. The minimum atomic E-state index is -0.340. The van der Waals surface area contributed by atoms with Crippen LogP contribution in [0.5, 0.6) is 0 Å². The predicted octanol–water partition coefficient (Wildman–Crippen LogP) is 2.99. The zero-order chi connectivity index (χ0) is 11.4. The molecular weight excluding hydrogens is 186 g/mol. The van der Waals surface area contributed by atoms with E-state index in [0.717, 1.165) is 5.69 Å². The standard InChI is InChI=1S/C13H21NO/c1-9(2)12-6-5-7-13(8-12)14-10(3)11(4)15/h5-11,14-15H,1-4H3. The number of aliphatic hydroxyl groups excluding tert-OH is 1. The molecule has 0 amide bonds. The third-order valence-corrected chi connectivity index (χ3v) is 2.67. The first-order valence-electron chi connectivity index (χ1n) is 5.55. The summed E-state index contributed by atoms with van der Waals surface area (Å²) in [6.45, 7) is 8.13. The highest BCUT2D eigenvalue weighted by molar-refractivity contribution is 5.47. The third-order valence-electron chi connectivity index (χ3n) is 2.67. The van der Waals surface area contributed by atoms with Crippen LogP contribution >= 0.6 is 0 Å². The fraction of sp³-hybridized carbons (Fsp3) is 0.538. The van der Waals surface area contributed by atoms with Gasteiger partial charge >= 0.3 is 0 Å². The van der Waals surface area contributed by atoms with Gasteiger partial charge in [0.2, 0.25) is 0 Å². The molecule has 0 aliphatic heterocycles. The molecular formula is C13H21NO. The maximum atomic E-state index is 9.40. The molecule has 0 radical (unpaired) electrons. The van der Waals surface area contributed by atoms with Crippen molar-refractivity contribution in [3.8, 4) is 0 Å². The van der Waals surface area contributed by atoms with Crippen molar-refractivity contribution in [3.63, 3.8) is 0 Å². The summed E-state index contributed by atoms with van der Waals surface area (Å²) < 4.78 is 0. The van der Waals surface area contributed by atoms with Crippen LogP contribution in [0.3, 0.4) is 0 Å².